The van der Waals surface area contributed by atoms with Gasteiger partial charge >= 0.3 is 0 Å². The van der Waals surface area contributed by atoms with Crippen LogP contribution in [0.2, 0.25) is 0 Å². The number of nitrogen functional groups attached to an aromatic ring is 1. The number of H-pyrrole nitrogens is 1. The number of hydrogen-bond acceptors (Lipinski definition) is 4. The molecule has 0 atom stereocenters. The minimum atomic E-state index is -3.64. The molecule has 0 saturated heterocycles. The van der Waals surface area contributed by atoms with Gasteiger partial charge in [0.2, 0.25) is 10.0 Å². The third-order valence-electron chi connectivity index (χ3n) is 2.89. The van der Waals surface area contributed by atoms with Gasteiger partial charge in [0.05, 0.1) is 17.9 Å². The first-order chi connectivity index (χ1) is 8.92. The fraction of sp³-hybridized carbons (Fsp3) is 0.250. The highest BCUT2D eigenvalue weighted by Crippen LogP contribution is 2.25. The molecule has 0 fully saturated rings. The highest BCUT2D eigenvalue weighted by molar-refractivity contribution is 7.89. The zero-order chi connectivity index (χ0) is 14.0. The molecule has 1 heterocycles. The fourth-order valence-electron chi connectivity index (χ4n) is 1.79. The summed E-state index contributed by atoms with van der Waals surface area (Å²) < 4.78 is 27.1. The van der Waals surface area contributed by atoms with Crippen molar-refractivity contribution in [2.45, 2.75) is 25.3 Å². The average Bonchev–Trinajstić information content (AvgIpc) is 2.85. The zero-order valence-electron chi connectivity index (χ0n) is 10.8. The van der Waals surface area contributed by atoms with Crippen LogP contribution in [-0.2, 0) is 16.6 Å². The van der Waals surface area contributed by atoms with Crippen LogP contribution in [-0.4, -0.2) is 18.6 Å². The average molecular weight is 280 g/mol. The predicted octanol–water partition coefficient (Wildman–Crippen LogP) is 1.09. The number of aromatic nitrogens is 2. The van der Waals surface area contributed by atoms with Gasteiger partial charge in [0, 0.05) is 6.20 Å². The second-order valence-electron chi connectivity index (χ2n) is 4.35. The molecule has 6 nitrogen and oxygen atoms in total. The largest absolute Gasteiger partial charge is 0.397 e. The van der Waals surface area contributed by atoms with Gasteiger partial charge < -0.3 is 5.73 Å². The zero-order valence-corrected chi connectivity index (χ0v) is 11.6. The van der Waals surface area contributed by atoms with Crippen LogP contribution in [0.3, 0.4) is 0 Å². The quantitative estimate of drug-likeness (QED) is 0.730. The maximum atomic E-state index is 12.3. The van der Waals surface area contributed by atoms with Gasteiger partial charge in [0.15, 0.2) is 0 Å². The van der Waals surface area contributed by atoms with E-state index in [0.717, 1.165) is 5.56 Å². The van der Waals surface area contributed by atoms with Crippen LogP contribution in [0.1, 0.15) is 16.8 Å². The number of benzene rings is 1. The van der Waals surface area contributed by atoms with E-state index >= 15 is 0 Å². The highest BCUT2D eigenvalue weighted by atomic mass is 32.2. The van der Waals surface area contributed by atoms with Crippen molar-refractivity contribution in [2.75, 3.05) is 5.73 Å². The smallest absolute Gasteiger partial charge is 0.243 e. The molecule has 0 amide bonds. The van der Waals surface area contributed by atoms with Gasteiger partial charge in [-0.3, -0.25) is 5.10 Å². The maximum absolute atomic E-state index is 12.3. The molecule has 0 aliphatic rings. The Balaban J connectivity index is 2.32. The number of nitrogens with one attached hydrogen (secondary N) is 2. The Morgan fingerprint density at radius 1 is 1.26 bits per heavy atom. The topological polar surface area (TPSA) is 101 Å². The van der Waals surface area contributed by atoms with E-state index in [1.807, 2.05) is 0 Å². The molecule has 0 unspecified atom stereocenters. The highest BCUT2D eigenvalue weighted by Gasteiger charge is 2.21. The van der Waals surface area contributed by atoms with Gasteiger partial charge in [-0.1, -0.05) is 12.1 Å². The summed E-state index contributed by atoms with van der Waals surface area (Å²) in [6, 6.07) is 5.25. The molecular formula is C12H16N4O2S. The summed E-state index contributed by atoms with van der Waals surface area (Å²) in [5.74, 6) is 0. The minimum absolute atomic E-state index is 0.145. The van der Waals surface area contributed by atoms with Crippen molar-refractivity contribution in [3.63, 3.8) is 0 Å². The van der Waals surface area contributed by atoms with Crippen molar-refractivity contribution in [2.24, 2.45) is 0 Å². The van der Waals surface area contributed by atoms with E-state index in [1.165, 1.54) is 0 Å². The molecule has 0 radical (unpaired) electrons. The van der Waals surface area contributed by atoms with Gasteiger partial charge in [-0.25, -0.2) is 13.1 Å². The Bertz CT molecular complexity index is 678. The number of aryl methyl sites for hydroxylation is 2. The van der Waals surface area contributed by atoms with E-state index in [0.29, 0.717) is 11.3 Å². The number of nitrogens with zero attached hydrogens (tertiary/aromatic N) is 1. The van der Waals surface area contributed by atoms with Crippen LogP contribution in [0.25, 0.3) is 0 Å². The number of aromatic amines is 1. The first kappa shape index (κ1) is 13.6. The molecular weight excluding hydrogens is 264 g/mol. The van der Waals surface area contributed by atoms with Gasteiger partial charge in [-0.05, 0) is 31.0 Å². The summed E-state index contributed by atoms with van der Waals surface area (Å²) in [7, 11) is -3.64. The van der Waals surface area contributed by atoms with Crippen LogP contribution < -0.4 is 10.5 Å². The molecule has 19 heavy (non-hydrogen) atoms. The first-order valence-electron chi connectivity index (χ1n) is 5.75. The summed E-state index contributed by atoms with van der Waals surface area (Å²) >= 11 is 0. The van der Waals surface area contributed by atoms with Crippen molar-refractivity contribution in [3.05, 3.63) is 41.2 Å². The van der Waals surface area contributed by atoms with Crippen molar-refractivity contribution in [1.29, 1.82) is 0 Å². The van der Waals surface area contributed by atoms with E-state index in [9.17, 15) is 8.42 Å². The number of nitrogens with two attached hydrogens (primary N) is 1. The third kappa shape index (κ3) is 2.77. The van der Waals surface area contributed by atoms with E-state index in [-0.39, 0.29) is 17.1 Å². The van der Waals surface area contributed by atoms with Crippen LogP contribution >= 0.6 is 0 Å². The number of hydrogen-bond donors (Lipinski definition) is 3. The SMILES string of the molecule is Cc1ccc(C)c(S(=O)(=O)NCc2ccn[nH]2)c1N. The normalized spacial score (nSPS) is 11.7. The molecule has 0 spiro atoms. The first-order valence-corrected chi connectivity index (χ1v) is 7.24. The molecule has 2 aromatic rings. The Hall–Kier alpha value is -1.86. The molecule has 1 aromatic carbocycles. The van der Waals surface area contributed by atoms with E-state index < -0.39 is 10.0 Å². The second kappa shape index (κ2) is 5.02. The van der Waals surface area contributed by atoms with Crippen LogP contribution in [0.15, 0.2) is 29.3 Å². The van der Waals surface area contributed by atoms with E-state index in [1.54, 1.807) is 38.2 Å². The molecule has 0 saturated carbocycles. The monoisotopic (exact) mass is 280 g/mol. The molecule has 4 N–H and O–H groups in total. The lowest BCUT2D eigenvalue weighted by molar-refractivity contribution is 0.580. The lowest BCUT2D eigenvalue weighted by Crippen LogP contribution is -2.25. The molecule has 7 heteroatoms. The maximum Gasteiger partial charge on any atom is 0.243 e. The predicted molar refractivity (Wildman–Crippen MR) is 72.9 cm³/mol. The third-order valence-corrected chi connectivity index (χ3v) is 4.49. The summed E-state index contributed by atoms with van der Waals surface area (Å²) in [6.45, 7) is 3.65. The molecule has 0 aliphatic carbocycles. The van der Waals surface area contributed by atoms with Crippen molar-refractivity contribution in [3.8, 4) is 0 Å². The number of rotatable bonds is 4. The summed E-state index contributed by atoms with van der Waals surface area (Å²) in [4.78, 5) is 0.145. The molecule has 0 aliphatic heterocycles. The van der Waals surface area contributed by atoms with Crippen molar-refractivity contribution in [1.82, 2.24) is 14.9 Å². The van der Waals surface area contributed by atoms with Crippen molar-refractivity contribution >= 4 is 15.7 Å². The van der Waals surface area contributed by atoms with Gasteiger partial charge in [-0.15, -0.1) is 0 Å². The van der Waals surface area contributed by atoms with Crippen molar-refractivity contribution < 1.29 is 8.42 Å². The van der Waals surface area contributed by atoms with Crippen LogP contribution in [0.4, 0.5) is 5.69 Å². The van der Waals surface area contributed by atoms with E-state index in [4.69, 9.17) is 5.73 Å². The van der Waals surface area contributed by atoms with Crippen LogP contribution in [0, 0.1) is 13.8 Å². The van der Waals surface area contributed by atoms with Crippen LogP contribution in [0.5, 0.6) is 0 Å². The van der Waals surface area contributed by atoms with Gasteiger partial charge in [0.25, 0.3) is 0 Å². The lowest BCUT2D eigenvalue weighted by Gasteiger charge is -2.13. The standard InChI is InChI=1S/C12H16N4O2S/c1-8-3-4-9(2)12(11(8)13)19(17,18)15-7-10-5-6-14-16-10/h3-6,15H,7,13H2,1-2H3,(H,14,16). The molecule has 102 valence electrons. The van der Waals surface area contributed by atoms with Gasteiger partial charge in [0.1, 0.15) is 4.90 Å². The molecule has 2 rings (SSSR count). The summed E-state index contributed by atoms with van der Waals surface area (Å²) in [5.41, 5.74) is 8.22. The van der Waals surface area contributed by atoms with Gasteiger partial charge in [-0.2, -0.15) is 5.10 Å². The molecule has 0 bridgehead atoms. The minimum Gasteiger partial charge on any atom is -0.397 e. The Kier molecular flexibility index (Phi) is 3.59. The van der Waals surface area contributed by atoms with E-state index in [2.05, 4.69) is 14.9 Å². The Morgan fingerprint density at radius 3 is 2.58 bits per heavy atom. The number of anilines is 1. The summed E-state index contributed by atoms with van der Waals surface area (Å²) in [6.07, 6.45) is 1.57. The lowest BCUT2D eigenvalue weighted by atomic mass is 10.1. The second-order valence-corrected chi connectivity index (χ2v) is 6.05. The Labute approximate surface area is 112 Å². The fourth-order valence-corrected chi connectivity index (χ4v) is 3.22. The summed E-state index contributed by atoms with van der Waals surface area (Å²) in [5, 5.41) is 6.45. The number of sulfonamides is 1. The molecule has 1 aromatic heterocycles. The Morgan fingerprint density at radius 2 is 1.95 bits per heavy atom.